The van der Waals surface area contributed by atoms with E-state index in [-0.39, 0.29) is 68.3 Å². The monoisotopic (exact) mass is 619 g/mol. The molecule has 2 aliphatic heterocycles. The number of fused-ring (bicyclic) bond motifs is 2. The molecule has 2 aliphatic rings. The molecule has 2 aromatic heterocycles. The van der Waals surface area contributed by atoms with Crippen molar-refractivity contribution in [2.45, 2.75) is 38.0 Å². The summed E-state index contributed by atoms with van der Waals surface area (Å²) in [5.74, 6) is -0.955. The van der Waals surface area contributed by atoms with E-state index in [2.05, 4.69) is 11.6 Å². The third-order valence-corrected chi connectivity index (χ3v) is 9.61. The number of amides is 3. The second-order valence-electron chi connectivity index (χ2n) is 10.6. The Balaban J connectivity index is 1.37. The minimum atomic E-state index is -0.888. The van der Waals surface area contributed by atoms with E-state index < -0.39 is 12.2 Å². The van der Waals surface area contributed by atoms with Crippen molar-refractivity contribution in [1.29, 1.82) is 0 Å². The van der Waals surface area contributed by atoms with E-state index in [9.17, 15) is 23.9 Å². The number of carbonyl (C=O) groups excluding carboxylic acids is 3. The highest BCUT2D eigenvalue weighted by Crippen LogP contribution is 2.32. The first-order valence-electron chi connectivity index (χ1n) is 13.9. The third kappa shape index (κ3) is 5.77. The van der Waals surface area contributed by atoms with Gasteiger partial charge in [0, 0.05) is 30.8 Å². The molecule has 2 saturated heterocycles. The highest BCUT2D eigenvalue weighted by molar-refractivity contribution is 7.16. The number of piperazine rings is 1. The Labute approximate surface area is 256 Å². The molecule has 4 aromatic rings. The number of carbonyl (C=O) groups is 3. The van der Waals surface area contributed by atoms with Gasteiger partial charge in [0.15, 0.2) is 0 Å². The maximum absolute atomic E-state index is 14.5. The number of aromatic hydroxyl groups is 1. The Morgan fingerprint density at radius 3 is 2.70 bits per heavy atom. The highest BCUT2D eigenvalue weighted by Gasteiger charge is 2.51. The zero-order chi connectivity index (χ0) is 30.1. The standard InChI is InChI=1S/C31H30FN5O4S2/c1-2-13-35-18-28(40)36-25(15-20-5-8-22(38)9-6-20)31(41)34(16-21-7-11-24(32)30-29(21)33-19-43-30)17-26(36)37(35)27(39)12-10-23-4-3-14-42-23/h2-9,11,14,19,25-26,38H,1,10,12-13,15-18H2/t25-,26-/m0/s1. The Hall–Kier alpha value is -4.13. The summed E-state index contributed by atoms with van der Waals surface area (Å²) in [6, 6.07) is 12.6. The minimum absolute atomic E-state index is 0.0654. The molecule has 0 bridgehead atoms. The van der Waals surface area contributed by atoms with Crippen LogP contribution in [0.15, 0.2) is 72.1 Å². The molecule has 9 nitrogen and oxygen atoms in total. The number of nitrogens with zero attached hydrogens (tertiary/aromatic N) is 5. The lowest BCUT2D eigenvalue weighted by Crippen LogP contribution is -2.75. The predicted octanol–water partition coefficient (Wildman–Crippen LogP) is 4.19. The molecule has 6 rings (SSSR count). The quantitative estimate of drug-likeness (QED) is 0.283. The molecule has 2 fully saturated rings. The fourth-order valence-corrected chi connectivity index (χ4v) is 7.31. The smallest absolute Gasteiger partial charge is 0.246 e. The summed E-state index contributed by atoms with van der Waals surface area (Å²) in [6.07, 6.45) is 1.90. The molecule has 0 spiro atoms. The van der Waals surface area contributed by atoms with Crippen LogP contribution in [0, 0.1) is 5.82 Å². The van der Waals surface area contributed by atoms with Crippen molar-refractivity contribution in [3.63, 3.8) is 0 Å². The molecule has 12 heteroatoms. The van der Waals surface area contributed by atoms with Gasteiger partial charge in [-0.05, 0) is 47.2 Å². The van der Waals surface area contributed by atoms with Gasteiger partial charge in [-0.2, -0.15) is 0 Å². The summed E-state index contributed by atoms with van der Waals surface area (Å²) in [5.41, 5.74) is 3.51. The number of hydrogen-bond acceptors (Lipinski definition) is 8. The van der Waals surface area contributed by atoms with Crippen molar-refractivity contribution in [1.82, 2.24) is 24.8 Å². The van der Waals surface area contributed by atoms with Gasteiger partial charge in [0.2, 0.25) is 17.7 Å². The second kappa shape index (κ2) is 12.2. The average Bonchev–Trinajstić information content (AvgIpc) is 3.70. The summed E-state index contributed by atoms with van der Waals surface area (Å²) >= 11 is 2.78. The number of phenols is 1. The van der Waals surface area contributed by atoms with Crippen molar-refractivity contribution >= 4 is 50.6 Å². The van der Waals surface area contributed by atoms with Crippen molar-refractivity contribution < 1.29 is 23.9 Å². The zero-order valence-electron chi connectivity index (χ0n) is 23.3. The normalized spacial score (nSPS) is 19.2. The van der Waals surface area contributed by atoms with Crippen LogP contribution in [0.4, 0.5) is 4.39 Å². The van der Waals surface area contributed by atoms with Crippen LogP contribution in [0.5, 0.6) is 5.75 Å². The van der Waals surface area contributed by atoms with Crippen molar-refractivity contribution in [3.05, 3.63) is 93.9 Å². The lowest BCUT2D eigenvalue weighted by molar-refractivity contribution is -0.205. The van der Waals surface area contributed by atoms with Gasteiger partial charge in [0.1, 0.15) is 23.8 Å². The first-order chi connectivity index (χ1) is 20.8. The van der Waals surface area contributed by atoms with E-state index in [1.165, 1.54) is 17.4 Å². The molecular formula is C31H30FN5O4S2. The highest BCUT2D eigenvalue weighted by atomic mass is 32.1. The van der Waals surface area contributed by atoms with Crippen LogP contribution < -0.4 is 0 Å². The molecule has 0 radical (unpaired) electrons. The van der Waals surface area contributed by atoms with Gasteiger partial charge in [0.05, 0.1) is 28.8 Å². The Morgan fingerprint density at radius 2 is 1.95 bits per heavy atom. The van der Waals surface area contributed by atoms with Gasteiger partial charge in [-0.15, -0.1) is 29.3 Å². The van der Waals surface area contributed by atoms with E-state index in [0.29, 0.717) is 22.2 Å². The van der Waals surface area contributed by atoms with Crippen LogP contribution in [-0.2, 0) is 33.8 Å². The molecule has 0 aliphatic carbocycles. The van der Waals surface area contributed by atoms with Crippen molar-refractivity contribution in [2.75, 3.05) is 19.6 Å². The van der Waals surface area contributed by atoms with E-state index in [1.54, 1.807) is 73.1 Å². The zero-order valence-corrected chi connectivity index (χ0v) is 24.9. The Bertz CT molecular complexity index is 1660. The van der Waals surface area contributed by atoms with E-state index in [1.807, 2.05) is 17.5 Å². The van der Waals surface area contributed by atoms with Crippen molar-refractivity contribution in [3.8, 4) is 5.75 Å². The maximum Gasteiger partial charge on any atom is 0.246 e. The number of halogens is 1. The SMILES string of the molecule is C=CCN1CC(=O)N2[C@@H](Cc3ccc(O)cc3)C(=O)N(Cc3ccc(F)c4scnc34)C[C@@H]2N1C(=O)CCc1cccs1. The topological polar surface area (TPSA) is 97.3 Å². The summed E-state index contributed by atoms with van der Waals surface area (Å²) in [6.45, 7) is 4.28. The van der Waals surface area contributed by atoms with Crippen LogP contribution in [0.25, 0.3) is 10.2 Å². The molecule has 4 heterocycles. The number of rotatable bonds is 9. The number of thiophene rings is 1. The molecule has 2 aromatic carbocycles. The fraction of sp³-hybridized carbons (Fsp3) is 0.290. The first-order valence-corrected chi connectivity index (χ1v) is 15.7. The molecule has 2 atom stereocenters. The average molecular weight is 620 g/mol. The van der Waals surface area contributed by atoms with E-state index in [0.717, 1.165) is 10.4 Å². The van der Waals surface area contributed by atoms with E-state index >= 15 is 0 Å². The largest absolute Gasteiger partial charge is 0.508 e. The van der Waals surface area contributed by atoms with E-state index in [4.69, 9.17) is 0 Å². The molecular weight excluding hydrogens is 590 g/mol. The van der Waals surface area contributed by atoms with Gasteiger partial charge in [-0.1, -0.05) is 30.3 Å². The Kier molecular flexibility index (Phi) is 8.24. The molecule has 1 N–H and O–H groups in total. The summed E-state index contributed by atoms with van der Waals surface area (Å²) in [5, 5.41) is 15.1. The van der Waals surface area contributed by atoms with Gasteiger partial charge in [-0.25, -0.2) is 19.4 Å². The first kappa shape index (κ1) is 29.0. The third-order valence-electron chi connectivity index (χ3n) is 7.84. The Morgan fingerprint density at radius 1 is 1.14 bits per heavy atom. The summed E-state index contributed by atoms with van der Waals surface area (Å²) in [7, 11) is 0. The van der Waals surface area contributed by atoms with Crippen LogP contribution >= 0.6 is 22.7 Å². The minimum Gasteiger partial charge on any atom is -0.508 e. The van der Waals surface area contributed by atoms with Crippen molar-refractivity contribution in [2.24, 2.45) is 0 Å². The van der Waals surface area contributed by atoms with Gasteiger partial charge in [0.25, 0.3) is 0 Å². The number of aryl methyl sites for hydroxylation is 1. The lowest BCUT2D eigenvalue weighted by atomic mass is 9.98. The fourth-order valence-electron chi connectivity index (χ4n) is 5.86. The number of benzene rings is 2. The second-order valence-corrected chi connectivity index (χ2v) is 12.5. The summed E-state index contributed by atoms with van der Waals surface area (Å²) < 4.78 is 14.9. The molecule has 43 heavy (non-hydrogen) atoms. The van der Waals surface area contributed by atoms with Gasteiger partial charge >= 0.3 is 0 Å². The molecule has 222 valence electrons. The number of hydrogen-bond donors (Lipinski definition) is 1. The number of hydrazine groups is 1. The molecule has 0 unspecified atom stereocenters. The molecule has 3 amide bonds. The van der Waals surface area contributed by atoms with Crippen LogP contribution in [-0.4, -0.2) is 79.5 Å². The lowest BCUT2D eigenvalue weighted by Gasteiger charge is -2.55. The van der Waals surface area contributed by atoms with Gasteiger partial charge < -0.3 is 14.9 Å². The predicted molar refractivity (Wildman–Crippen MR) is 162 cm³/mol. The summed E-state index contributed by atoms with van der Waals surface area (Å²) in [4.78, 5) is 50.4. The number of thiazole rings is 1. The molecule has 0 saturated carbocycles. The number of aromatic nitrogens is 1. The van der Waals surface area contributed by atoms with Crippen LogP contribution in [0.3, 0.4) is 0 Å². The van der Waals surface area contributed by atoms with Gasteiger partial charge in [-0.3, -0.25) is 14.4 Å². The van der Waals surface area contributed by atoms with Crippen LogP contribution in [0.2, 0.25) is 0 Å². The maximum atomic E-state index is 14.5. The number of phenolic OH excluding ortho intramolecular Hbond substituents is 1. The van der Waals surface area contributed by atoms with Crippen LogP contribution in [0.1, 0.15) is 22.4 Å².